The Hall–Kier alpha value is -2.85. The molecular formula is C22H27ClN2O7S. The van der Waals surface area contributed by atoms with Crippen molar-refractivity contribution in [2.75, 3.05) is 30.2 Å². The van der Waals surface area contributed by atoms with Gasteiger partial charge in [-0.15, -0.1) is 11.6 Å². The first kappa shape index (κ1) is 24.8. The molecule has 3 rings (SSSR count). The maximum Gasteiger partial charge on any atom is 0.407 e. The van der Waals surface area contributed by atoms with Gasteiger partial charge < -0.3 is 24.6 Å². The molecule has 0 aromatic heterocycles. The lowest BCUT2D eigenvalue weighted by Crippen LogP contribution is -2.44. The van der Waals surface area contributed by atoms with Gasteiger partial charge in [0.15, 0.2) is 0 Å². The van der Waals surface area contributed by atoms with Crippen LogP contribution in [0.25, 0.3) is 0 Å². The predicted molar refractivity (Wildman–Crippen MR) is 125 cm³/mol. The number of sulfonamides is 1. The number of carbonyl (C=O) groups is 1. The number of carboxylic acid groups (broad SMARTS) is 1. The highest BCUT2D eigenvalue weighted by molar-refractivity contribution is 7.93. The van der Waals surface area contributed by atoms with E-state index in [0.29, 0.717) is 29.0 Å². The molecule has 3 N–H and O–H groups in total. The molecule has 0 radical (unpaired) electrons. The Morgan fingerprint density at radius 1 is 1.30 bits per heavy atom. The van der Waals surface area contributed by atoms with Gasteiger partial charge in [0, 0.05) is 35.6 Å². The van der Waals surface area contributed by atoms with Crippen LogP contribution >= 0.6 is 11.6 Å². The van der Waals surface area contributed by atoms with Crippen molar-refractivity contribution < 1.29 is 32.9 Å². The van der Waals surface area contributed by atoms with Gasteiger partial charge in [-0.05, 0) is 24.3 Å². The molecule has 33 heavy (non-hydrogen) atoms. The summed E-state index contributed by atoms with van der Waals surface area (Å²) < 4.78 is 37.0. The van der Waals surface area contributed by atoms with Gasteiger partial charge in [-0.2, -0.15) is 0 Å². The van der Waals surface area contributed by atoms with Crippen LogP contribution in [0.4, 0.5) is 10.5 Å². The monoisotopic (exact) mass is 498 g/mol. The zero-order valence-corrected chi connectivity index (χ0v) is 20.1. The third-order valence-electron chi connectivity index (χ3n) is 5.54. The van der Waals surface area contributed by atoms with Crippen molar-refractivity contribution in [3.8, 4) is 17.2 Å². The van der Waals surface area contributed by atoms with E-state index >= 15 is 0 Å². The van der Waals surface area contributed by atoms with Crippen LogP contribution in [0.5, 0.6) is 17.2 Å². The number of methoxy groups -OCH3 is 1. The first-order valence-corrected chi connectivity index (χ1v) is 12.4. The van der Waals surface area contributed by atoms with Crippen molar-refractivity contribution in [3.63, 3.8) is 0 Å². The van der Waals surface area contributed by atoms with E-state index in [1.807, 2.05) is 13.8 Å². The Morgan fingerprint density at radius 3 is 2.67 bits per heavy atom. The van der Waals surface area contributed by atoms with E-state index in [1.165, 1.54) is 24.1 Å². The molecule has 1 heterocycles. The minimum Gasteiger partial charge on any atom is -0.508 e. The Kier molecular flexibility index (Phi) is 7.18. The summed E-state index contributed by atoms with van der Waals surface area (Å²) in [7, 11) is -2.16. The fraction of sp³-hybridized carbons (Fsp3) is 0.409. The number of rotatable bonds is 8. The summed E-state index contributed by atoms with van der Waals surface area (Å²) in [4.78, 5) is 13.7. The van der Waals surface area contributed by atoms with Gasteiger partial charge >= 0.3 is 6.09 Å². The van der Waals surface area contributed by atoms with E-state index in [0.717, 1.165) is 0 Å². The fourth-order valence-corrected chi connectivity index (χ4v) is 4.72. The van der Waals surface area contributed by atoms with E-state index in [9.17, 15) is 23.4 Å². The maximum atomic E-state index is 12.3. The fourth-order valence-electron chi connectivity index (χ4n) is 4.01. The molecule has 0 saturated heterocycles. The van der Waals surface area contributed by atoms with Crippen molar-refractivity contribution in [1.29, 1.82) is 0 Å². The molecule has 1 amide bonds. The van der Waals surface area contributed by atoms with E-state index in [-0.39, 0.29) is 24.6 Å². The van der Waals surface area contributed by atoms with Crippen LogP contribution in [0.3, 0.4) is 0 Å². The number of hydrogen-bond acceptors (Lipinski definition) is 6. The molecule has 9 nitrogen and oxygen atoms in total. The average Bonchev–Trinajstić information content (AvgIpc) is 2.76. The van der Waals surface area contributed by atoms with Crippen LogP contribution in [0.2, 0.25) is 0 Å². The highest BCUT2D eigenvalue weighted by atomic mass is 35.5. The van der Waals surface area contributed by atoms with Crippen LogP contribution in [0, 0.1) is 0 Å². The molecule has 1 atom stereocenters. The summed E-state index contributed by atoms with van der Waals surface area (Å²) in [5.74, 6) is 1.01. The molecule has 0 saturated carbocycles. The minimum atomic E-state index is -3.68. The van der Waals surface area contributed by atoms with Gasteiger partial charge in [0.05, 0.1) is 25.4 Å². The topological polar surface area (TPSA) is 125 Å². The molecular weight excluding hydrogens is 472 g/mol. The highest BCUT2D eigenvalue weighted by Gasteiger charge is 2.36. The minimum absolute atomic E-state index is 0.0593. The molecule has 180 valence electrons. The quantitative estimate of drug-likeness (QED) is 0.467. The smallest absolute Gasteiger partial charge is 0.407 e. The largest absolute Gasteiger partial charge is 0.508 e. The lowest BCUT2D eigenvalue weighted by molar-refractivity contribution is 0.0937. The summed E-state index contributed by atoms with van der Waals surface area (Å²) >= 11 is 5.45. The molecule has 0 bridgehead atoms. The van der Waals surface area contributed by atoms with E-state index in [1.54, 1.807) is 24.3 Å². The number of fused-ring (bicyclic) bond motifs is 1. The Balaban J connectivity index is 1.94. The van der Waals surface area contributed by atoms with Gasteiger partial charge in [-0.3, -0.25) is 4.72 Å². The number of halogens is 1. The number of aromatic hydroxyl groups is 1. The van der Waals surface area contributed by atoms with Gasteiger partial charge in [-0.1, -0.05) is 19.9 Å². The number of phenols is 1. The van der Waals surface area contributed by atoms with Crippen molar-refractivity contribution >= 4 is 33.4 Å². The van der Waals surface area contributed by atoms with Crippen molar-refractivity contribution in [2.24, 2.45) is 0 Å². The molecule has 1 aliphatic heterocycles. The van der Waals surface area contributed by atoms with Crippen molar-refractivity contribution in [2.45, 2.75) is 31.7 Å². The summed E-state index contributed by atoms with van der Waals surface area (Å²) in [5.41, 5.74) is 0.892. The number of anilines is 1. The van der Waals surface area contributed by atoms with Crippen LogP contribution in [-0.2, 0) is 15.4 Å². The van der Waals surface area contributed by atoms with E-state index in [4.69, 9.17) is 21.1 Å². The van der Waals surface area contributed by atoms with E-state index < -0.39 is 32.8 Å². The third kappa shape index (κ3) is 5.56. The third-order valence-corrected chi connectivity index (χ3v) is 7.23. The zero-order valence-electron chi connectivity index (χ0n) is 18.5. The second-order valence-electron chi connectivity index (χ2n) is 8.41. The molecule has 2 aromatic carbocycles. The van der Waals surface area contributed by atoms with Crippen LogP contribution in [0.1, 0.15) is 37.4 Å². The first-order valence-electron chi connectivity index (χ1n) is 10.2. The Bertz CT molecular complexity index is 1140. The maximum absolute atomic E-state index is 12.3. The van der Waals surface area contributed by atoms with Crippen LogP contribution < -0.4 is 14.2 Å². The lowest BCUT2D eigenvalue weighted by Gasteiger charge is -2.39. The molecule has 0 spiro atoms. The normalized spacial score (nSPS) is 15.8. The van der Waals surface area contributed by atoms with E-state index in [2.05, 4.69) is 4.72 Å². The number of nitrogens with zero attached hydrogens (tertiary/aromatic N) is 1. The Morgan fingerprint density at radius 2 is 2.03 bits per heavy atom. The molecule has 0 aliphatic carbocycles. The van der Waals surface area contributed by atoms with Crippen molar-refractivity contribution in [3.05, 3.63) is 47.5 Å². The molecule has 2 aromatic rings. The number of nitrogens with one attached hydrogen (secondary N) is 1. The zero-order chi connectivity index (χ0) is 24.4. The number of phenolic OH excluding ortho intramolecular Hbond substituents is 1. The van der Waals surface area contributed by atoms with Gasteiger partial charge in [0.1, 0.15) is 22.5 Å². The standard InChI is InChI=1S/C22H27ClN2O7S/c1-22(2,17-11-15(26)5-7-19(17)31-3)12-25(21(27)28)18-8-9-32-20-10-14(4-6-16(18)20)24-33(29,30)13-23/h4-7,10-11,18,24,26H,8-9,12-13H2,1-3H3,(H,27,28). The second-order valence-corrected chi connectivity index (χ2v) is 10.7. The van der Waals surface area contributed by atoms with Crippen molar-refractivity contribution in [1.82, 2.24) is 4.90 Å². The predicted octanol–water partition coefficient (Wildman–Crippen LogP) is 4.12. The van der Waals surface area contributed by atoms with Gasteiger partial charge in [0.25, 0.3) is 0 Å². The number of benzene rings is 2. The van der Waals surface area contributed by atoms with Gasteiger partial charge in [-0.25, -0.2) is 13.2 Å². The summed E-state index contributed by atoms with van der Waals surface area (Å²) in [6.07, 6.45) is -0.675. The number of hydrogen-bond donors (Lipinski definition) is 3. The molecule has 0 fully saturated rings. The summed E-state index contributed by atoms with van der Waals surface area (Å²) in [6, 6.07) is 8.95. The number of alkyl halides is 1. The summed E-state index contributed by atoms with van der Waals surface area (Å²) in [5, 5.41) is 19.5. The highest BCUT2D eigenvalue weighted by Crippen LogP contribution is 2.41. The van der Waals surface area contributed by atoms with Crippen LogP contribution in [0.15, 0.2) is 36.4 Å². The van der Waals surface area contributed by atoms with Crippen LogP contribution in [-0.4, -0.2) is 55.1 Å². The lowest BCUT2D eigenvalue weighted by atomic mass is 9.82. The Labute approximate surface area is 197 Å². The first-order chi connectivity index (χ1) is 15.5. The summed E-state index contributed by atoms with van der Waals surface area (Å²) in [6.45, 7) is 4.14. The second kappa shape index (κ2) is 9.56. The number of ether oxygens (including phenoxy) is 2. The average molecular weight is 499 g/mol. The SMILES string of the molecule is COc1ccc(O)cc1C(C)(C)CN(C(=O)O)C1CCOc2cc(NS(=O)(=O)CCl)ccc21. The number of amides is 1. The van der Waals surface area contributed by atoms with Gasteiger partial charge in [0.2, 0.25) is 10.0 Å². The molecule has 1 aliphatic rings. The molecule has 11 heteroatoms. The molecule has 1 unspecified atom stereocenters.